The van der Waals surface area contributed by atoms with E-state index in [4.69, 9.17) is 4.74 Å². The zero-order chi connectivity index (χ0) is 10.1. The minimum atomic E-state index is 0.851. The van der Waals surface area contributed by atoms with Gasteiger partial charge in [-0.05, 0) is 34.1 Å². The number of rotatable bonds is 1. The first-order valence-corrected chi connectivity index (χ1v) is 5.01. The molecule has 2 nitrogen and oxygen atoms in total. The highest BCUT2D eigenvalue weighted by Crippen LogP contribution is 2.33. The Balaban J connectivity index is 2.59. The van der Waals surface area contributed by atoms with Crippen LogP contribution < -0.4 is 10.1 Å². The molecule has 14 heavy (non-hydrogen) atoms. The molecular weight excluding hydrogens is 242 g/mol. The second-order valence-electron chi connectivity index (χ2n) is 3.03. The zero-order valence-corrected chi connectivity index (χ0v) is 9.39. The van der Waals surface area contributed by atoms with Gasteiger partial charge in [-0.2, -0.15) is 0 Å². The van der Waals surface area contributed by atoms with E-state index in [1.807, 2.05) is 24.4 Å². The molecule has 0 aliphatic carbocycles. The Morgan fingerprint density at radius 2 is 2.14 bits per heavy atom. The fourth-order valence-corrected chi connectivity index (χ4v) is 1.86. The van der Waals surface area contributed by atoms with E-state index in [1.165, 1.54) is 0 Å². The van der Waals surface area contributed by atoms with Crippen LogP contribution in [0.25, 0.3) is 10.2 Å². The molecule has 0 saturated carbocycles. The molecule has 1 aromatic rings. The summed E-state index contributed by atoms with van der Waals surface area (Å²) in [6.45, 7) is 3.93. The molecule has 0 unspecified atom stereocenters. The van der Waals surface area contributed by atoms with Gasteiger partial charge in [-0.1, -0.05) is 6.58 Å². The molecule has 1 aromatic carbocycles. The second-order valence-corrected chi connectivity index (χ2v) is 3.88. The molecule has 1 heterocycles. The van der Waals surface area contributed by atoms with E-state index in [0.29, 0.717) is 0 Å². The molecule has 0 saturated heterocycles. The number of halogens is 1. The van der Waals surface area contributed by atoms with Crippen molar-refractivity contribution in [3.8, 4) is 5.75 Å². The van der Waals surface area contributed by atoms with Crippen LogP contribution in [0.15, 0.2) is 31.0 Å². The summed E-state index contributed by atoms with van der Waals surface area (Å²) in [4.78, 5) is 0. The van der Waals surface area contributed by atoms with Gasteiger partial charge in [0.25, 0.3) is 0 Å². The third-order valence-corrected chi connectivity index (χ3v) is 2.84. The Hall–Kier alpha value is -1.22. The SMILES string of the molecule is C=C1NC=C(Br)c2cc(OC)ccc21. The third-order valence-electron chi connectivity index (χ3n) is 2.18. The maximum Gasteiger partial charge on any atom is 0.119 e. The second kappa shape index (κ2) is 3.50. The number of ether oxygens (including phenoxy) is 1. The van der Waals surface area contributed by atoms with Gasteiger partial charge in [0.1, 0.15) is 5.75 Å². The number of benzene rings is 1. The molecule has 0 radical (unpaired) electrons. The summed E-state index contributed by atoms with van der Waals surface area (Å²) in [5.74, 6) is 0.851. The summed E-state index contributed by atoms with van der Waals surface area (Å²) in [5.41, 5.74) is 3.11. The molecule has 2 rings (SSSR count). The van der Waals surface area contributed by atoms with Gasteiger partial charge in [-0.25, -0.2) is 0 Å². The fourth-order valence-electron chi connectivity index (χ4n) is 1.42. The highest BCUT2D eigenvalue weighted by atomic mass is 79.9. The molecule has 0 atom stereocenters. The van der Waals surface area contributed by atoms with E-state index in [2.05, 4.69) is 27.8 Å². The molecule has 0 bridgehead atoms. The van der Waals surface area contributed by atoms with Crippen molar-refractivity contribution in [2.75, 3.05) is 7.11 Å². The van der Waals surface area contributed by atoms with Crippen LogP contribution in [0.1, 0.15) is 11.1 Å². The largest absolute Gasteiger partial charge is 0.497 e. The number of fused-ring (bicyclic) bond motifs is 1. The maximum absolute atomic E-state index is 5.17. The van der Waals surface area contributed by atoms with Crippen LogP contribution in [-0.4, -0.2) is 7.11 Å². The average molecular weight is 252 g/mol. The van der Waals surface area contributed by atoms with Crippen molar-refractivity contribution in [3.05, 3.63) is 42.1 Å². The van der Waals surface area contributed by atoms with Gasteiger partial charge in [-0.15, -0.1) is 0 Å². The summed E-state index contributed by atoms with van der Waals surface area (Å²) in [5, 5.41) is 3.08. The predicted molar refractivity (Wildman–Crippen MR) is 62.1 cm³/mol. The first-order valence-electron chi connectivity index (χ1n) is 4.22. The van der Waals surface area contributed by atoms with E-state index in [-0.39, 0.29) is 0 Å². The Morgan fingerprint density at radius 1 is 1.36 bits per heavy atom. The van der Waals surface area contributed by atoms with Gasteiger partial charge in [0.2, 0.25) is 0 Å². The molecule has 0 fully saturated rings. The summed E-state index contributed by atoms with van der Waals surface area (Å²) < 4.78 is 6.18. The van der Waals surface area contributed by atoms with Crippen LogP contribution >= 0.6 is 15.9 Å². The molecule has 1 aliphatic heterocycles. The molecular formula is C11H10BrNO. The number of hydrogen-bond donors (Lipinski definition) is 1. The lowest BCUT2D eigenvalue weighted by atomic mass is 10.0. The van der Waals surface area contributed by atoms with E-state index >= 15 is 0 Å². The molecule has 3 heteroatoms. The highest BCUT2D eigenvalue weighted by Gasteiger charge is 2.13. The van der Waals surface area contributed by atoms with Crippen molar-refractivity contribution in [2.45, 2.75) is 0 Å². The Labute approximate surface area is 91.4 Å². The molecule has 0 amide bonds. The smallest absolute Gasteiger partial charge is 0.119 e. The lowest BCUT2D eigenvalue weighted by Crippen LogP contribution is -2.09. The van der Waals surface area contributed by atoms with Crippen molar-refractivity contribution >= 4 is 26.1 Å². The third kappa shape index (κ3) is 1.44. The molecule has 0 aromatic heterocycles. The van der Waals surface area contributed by atoms with E-state index in [1.54, 1.807) is 7.11 Å². The van der Waals surface area contributed by atoms with Gasteiger partial charge in [-0.3, -0.25) is 0 Å². The van der Waals surface area contributed by atoms with E-state index < -0.39 is 0 Å². The van der Waals surface area contributed by atoms with E-state index in [0.717, 1.165) is 27.1 Å². The molecule has 0 spiro atoms. The van der Waals surface area contributed by atoms with Crippen molar-refractivity contribution in [3.63, 3.8) is 0 Å². The topological polar surface area (TPSA) is 21.3 Å². The number of methoxy groups -OCH3 is 1. The van der Waals surface area contributed by atoms with Crippen LogP contribution in [0.5, 0.6) is 5.75 Å². The average Bonchev–Trinajstić information content (AvgIpc) is 2.23. The lowest BCUT2D eigenvalue weighted by molar-refractivity contribution is 0.414. The summed E-state index contributed by atoms with van der Waals surface area (Å²) >= 11 is 3.48. The van der Waals surface area contributed by atoms with Crippen LogP contribution in [0.4, 0.5) is 0 Å². The van der Waals surface area contributed by atoms with Crippen molar-refractivity contribution in [2.24, 2.45) is 0 Å². The highest BCUT2D eigenvalue weighted by molar-refractivity contribution is 9.15. The minimum Gasteiger partial charge on any atom is -0.497 e. The minimum absolute atomic E-state index is 0.851. The van der Waals surface area contributed by atoms with Gasteiger partial charge in [0.05, 0.1) is 7.11 Å². The molecule has 1 aliphatic rings. The van der Waals surface area contributed by atoms with E-state index in [9.17, 15) is 0 Å². The summed E-state index contributed by atoms with van der Waals surface area (Å²) in [7, 11) is 1.66. The van der Waals surface area contributed by atoms with Gasteiger partial charge >= 0.3 is 0 Å². The van der Waals surface area contributed by atoms with Crippen molar-refractivity contribution in [1.29, 1.82) is 0 Å². The van der Waals surface area contributed by atoms with Gasteiger partial charge in [0, 0.05) is 27.5 Å². The normalized spacial score (nSPS) is 14.1. The first-order chi connectivity index (χ1) is 6.72. The maximum atomic E-state index is 5.17. The van der Waals surface area contributed by atoms with Gasteiger partial charge in [0.15, 0.2) is 0 Å². The quantitative estimate of drug-likeness (QED) is 0.829. The Kier molecular flexibility index (Phi) is 2.33. The van der Waals surface area contributed by atoms with Crippen LogP contribution in [-0.2, 0) is 0 Å². The van der Waals surface area contributed by atoms with Crippen molar-refractivity contribution < 1.29 is 4.74 Å². The molecule has 1 N–H and O–H groups in total. The summed E-state index contributed by atoms with van der Waals surface area (Å²) in [6.07, 6.45) is 1.88. The van der Waals surface area contributed by atoms with Crippen molar-refractivity contribution in [1.82, 2.24) is 5.32 Å². The van der Waals surface area contributed by atoms with Crippen LogP contribution in [0.3, 0.4) is 0 Å². The standard InChI is InChI=1S/C11H10BrNO/c1-7-9-4-3-8(14-2)5-10(9)11(12)6-13-7/h3-6,13H,1H2,2H3. The monoisotopic (exact) mass is 251 g/mol. The Bertz CT molecular complexity index is 423. The number of nitrogens with one attached hydrogen (secondary N) is 1. The Morgan fingerprint density at radius 3 is 2.86 bits per heavy atom. The number of hydrogen-bond acceptors (Lipinski definition) is 2. The fraction of sp³-hybridized carbons (Fsp3) is 0.0909. The summed E-state index contributed by atoms with van der Waals surface area (Å²) in [6, 6.07) is 5.91. The first kappa shape index (κ1) is 9.34. The predicted octanol–water partition coefficient (Wildman–Crippen LogP) is 2.96. The lowest BCUT2D eigenvalue weighted by Gasteiger charge is -2.18. The molecule has 72 valence electrons. The van der Waals surface area contributed by atoms with Crippen LogP contribution in [0.2, 0.25) is 0 Å². The zero-order valence-electron chi connectivity index (χ0n) is 7.80. The van der Waals surface area contributed by atoms with Crippen LogP contribution in [0, 0.1) is 0 Å². The van der Waals surface area contributed by atoms with Gasteiger partial charge < -0.3 is 10.1 Å².